The van der Waals surface area contributed by atoms with Crippen molar-refractivity contribution in [3.05, 3.63) is 77.3 Å². The summed E-state index contributed by atoms with van der Waals surface area (Å²) in [5.41, 5.74) is 2.83. The zero-order chi connectivity index (χ0) is 22.7. The third-order valence-electron chi connectivity index (χ3n) is 5.60. The Morgan fingerprint density at radius 2 is 2.12 bits per heavy atom. The summed E-state index contributed by atoms with van der Waals surface area (Å²) in [5.74, 6) is 0.501. The van der Waals surface area contributed by atoms with Gasteiger partial charge in [0, 0.05) is 32.0 Å². The maximum Gasteiger partial charge on any atom is 0.335 e. The number of carbonyl (C=O) groups is 1. The number of rotatable bonds is 8. The summed E-state index contributed by atoms with van der Waals surface area (Å²) >= 11 is 5.65. The third-order valence-corrected chi connectivity index (χ3v) is 5.95. The Kier molecular flexibility index (Phi) is 6.53. The van der Waals surface area contributed by atoms with Crippen molar-refractivity contribution in [3.8, 4) is 11.3 Å². The summed E-state index contributed by atoms with van der Waals surface area (Å²) in [4.78, 5) is 17.9. The van der Waals surface area contributed by atoms with Crippen LogP contribution in [0.25, 0.3) is 11.3 Å². The summed E-state index contributed by atoms with van der Waals surface area (Å²) in [6, 6.07) is 14.4. The molecule has 2 atom stereocenters. The highest BCUT2D eigenvalue weighted by Gasteiger charge is 2.41. The Morgan fingerprint density at radius 3 is 2.81 bits per heavy atom. The van der Waals surface area contributed by atoms with Gasteiger partial charge in [0.1, 0.15) is 17.6 Å². The van der Waals surface area contributed by atoms with Gasteiger partial charge in [0.25, 0.3) is 0 Å². The van der Waals surface area contributed by atoms with Crippen LogP contribution in [0.2, 0.25) is 0 Å². The second-order valence-corrected chi connectivity index (χ2v) is 8.09. The molecule has 7 nitrogen and oxygen atoms in total. The lowest BCUT2D eigenvalue weighted by Crippen LogP contribution is -2.31. The average molecular weight is 452 g/mol. The van der Waals surface area contributed by atoms with Crippen LogP contribution in [0.5, 0.6) is 0 Å². The number of hydrogen-bond acceptors (Lipinski definition) is 5. The number of carboxylic acid groups (broad SMARTS) is 1. The van der Waals surface area contributed by atoms with Crippen LogP contribution in [0.1, 0.15) is 45.9 Å². The lowest BCUT2D eigenvalue weighted by molar-refractivity contribution is 0.0697. The molecule has 1 aliphatic rings. The van der Waals surface area contributed by atoms with Gasteiger partial charge in [-0.05, 0) is 67.5 Å². The first-order valence-electron chi connectivity index (χ1n) is 10.4. The first kappa shape index (κ1) is 22.0. The highest BCUT2D eigenvalue weighted by atomic mass is 32.1. The van der Waals surface area contributed by atoms with Gasteiger partial charge in [-0.15, -0.1) is 0 Å². The van der Waals surface area contributed by atoms with E-state index >= 15 is 0 Å². The Labute approximate surface area is 192 Å². The van der Waals surface area contributed by atoms with Gasteiger partial charge in [-0.25, -0.2) is 4.79 Å². The van der Waals surface area contributed by atoms with Gasteiger partial charge in [0.2, 0.25) is 0 Å². The van der Waals surface area contributed by atoms with Crippen LogP contribution in [0.3, 0.4) is 0 Å². The normalized spacial score (nSPS) is 18.1. The summed E-state index contributed by atoms with van der Waals surface area (Å²) < 4.78 is 11.5. The molecule has 166 valence electrons. The largest absolute Gasteiger partial charge is 0.478 e. The summed E-state index contributed by atoms with van der Waals surface area (Å²) in [6.07, 6.45) is 2.60. The molecular formula is C24H25N3O4S. The number of aromatic nitrogens is 1. The number of methoxy groups -OCH3 is 1. The topological polar surface area (TPSA) is 87.8 Å². The number of aromatic carboxylic acids is 1. The van der Waals surface area contributed by atoms with Gasteiger partial charge in [0.05, 0.1) is 17.3 Å². The molecule has 1 saturated heterocycles. The quantitative estimate of drug-likeness (QED) is 0.386. The van der Waals surface area contributed by atoms with Gasteiger partial charge in [0.15, 0.2) is 5.11 Å². The molecule has 4 rings (SSSR count). The zero-order valence-electron chi connectivity index (χ0n) is 17.9. The molecule has 32 heavy (non-hydrogen) atoms. The molecule has 0 amide bonds. The number of pyridine rings is 1. The predicted octanol–water partition coefficient (Wildman–Crippen LogP) is 4.36. The second-order valence-electron chi connectivity index (χ2n) is 7.70. The van der Waals surface area contributed by atoms with E-state index in [0.717, 1.165) is 35.5 Å². The van der Waals surface area contributed by atoms with Crippen LogP contribution < -0.4 is 5.32 Å². The highest BCUT2D eigenvalue weighted by molar-refractivity contribution is 7.80. The van der Waals surface area contributed by atoms with Crippen LogP contribution in [0.4, 0.5) is 0 Å². The van der Waals surface area contributed by atoms with Crippen molar-refractivity contribution in [2.75, 3.05) is 20.3 Å². The van der Waals surface area contributed by atoms with Crippen molar-refractivity contribution in [1.82, 2.24) is 15.2 Å². The molecule has 8 heteroatoms. The molecule has 2 unspecified atom stereocenters. The Bertz CT molecular complexity index is 1120. The second kappa shape index (κ2) is 9.50. The van der Waals surface area contributed by atoms with Crippen LogP contribution in [-0.4, -0.2) is 46.3 Å². The highest BCUT2D eigenvalue weighted by Crippen LogP contribution is 2.40. The van der Waals surface area contributed by atoms with Crippen molar-refractivity contribution >= 4 is 23.3 Å². The molecule has 0 radical (unpaired) electrons. The fraction of sp³-hybridized carbons (Fsp3) is 0.292. The summed E-state index contributed by atoms with van der Waals surface area (Å²) in [6.45, 7) is 3.23. The number of hydrogen-bond donors (Lipinski definition) is 2. The Morgan fingerprint density at radius 1 is 1.28 bits per heavy atom. The number of aryl methyl sites for hydroxylation is 1. The fourth-order valence-corrected chi connectivity index (χ4v) is 4.40. The van der Waals surface area contributed by atoms with E-state index in [1.165, 1.54) is 0 Å². The molecule has 0 aliphatic carbocycles. The van der Waals surface area contributed by atoms with Gasteiger partial charge in [-0.1, -0.05) is 12.1 Å². The van der Waals surface area contributed by atoms with Crippen molar-refractivity contribution < 1.29 is 19.1 Å². The molecule has 0 spiro atoms. The van der Waals surface area contributed by atoms with E-state index < -0.39 is 5.97 Å². The predicted molar refractivity (Wildman–Crippen MR) is 124 cm³/mol. The summed E-state index contributed by atoms with van der Waals surface area (Å²) in [5, 5.41) is 13.3. The molecule has 2 N–H and O–H groups in total. The SMILES string of the molecule is COCCCN1C(=S)NC(c2ccccn2)C1c1ccc(-c2ccc(C(=O)O)cc2C)o1. The lowest BCUT2D eigenvalue weighted by Gasteiger charge is -2.26. The number of thiocarbonyl (C=S) groups is 1. The number of nitrogens with one attached hydrogen (secondary N) is 1. The minimum absolute atomic E-state index is 0.152. The van der Waals surface area contributed by atoms with E-state index in [-0.39, 0.29) is 17.6 Å². The van der Waals surface area contributed by atoms with E-state index in [1.54, 1.807) is 31.5 Å². The summed E-state index contributed by atoms with van der Waals surface area (Å²) in [7, 11) is 1.69. The molecule has 1 aromatic carbocycles. The smallest absolute Gasteiger partial charge is 0.335 e. The van der Waals surface area contributed by atoms with Gasteiger partial charge in [-0.2, -0.15) is 0 Å². The Hall–Kier alpha value is -3.23. The van der Waals surface area contributed by atoms with Crippen LogP contribution in [0, 0.1) is 6.92 Å². The van der Waals surface area contributed by atoms with Crippen molar-refractivity contribution in [3.63, 3.8) is 0 Å². The van der Waals surface area contributed by atoms with E-state index in [9.17, 15) is 9.90 Å². The number of furan rings is 1. The van der Waals surface area contributed by atoms with Crippen LogP contribution in [-0.2, 0) is 4.74 Å². The van der Waals surface area contributed by atoms with Crippen LogP contribution in [0.15, 0.2) is 59.1 Å². The van der Waals surface area contributed by atoms with Crippen molar-refractivity contribution in [1.29, 1.82) is 0 Å². The van der Waals surface area contributed by atoms with Gasteiger partial charge in [-0.3, -0.25) is 4.98 Å². The van der Waals surface area contributed by atoms with Gasteiger partial charge < -0.3 is 24.5 Å². The average Bonchev–Trinajstić information content (AvgIpc) is 3.39. The van der Waals surface area contributed by atoms with E-state index in [0.29, 0.717) is 17.5 Å². The minimum Gasteiger partial charge on any atom is -0.478 e. The standard InChI is InChI=1S/C24H25N3O4S/c1-15-14-16(23(28)29)7-8-17(15)19-9-10-20(31-19)22-21(18-6-3-4-11-25-18)26-24(32)27(22)12-5-13-30-2/h3-4,6-11,14,21-22H,5,12-13H2,1-2H3,(H,26,32)(H,28,29). The molecule has 0 saturated carbocycles. The maximum absolute atomic E-state index is 11.3. The Balaban J connectivity index is 1.69. The molecule has 1 fully saturated rings. The molecular weight excluding hydrogens is 426 g/mol. The molecule has 2 aromatic heterocycles. The number of ether oxygens (including phenoxy) is 1. The first-order valence-corrected chi connectivity index (χ1v) is 10.8. The van der Waals surface area contributed by atoms with Gasteiger partial charge >= 0.3 is 5.97 Å². The molecule has 3 aromatic rings. The van der Waals surface area contributed by atoms with Crippen LogP contribution >= 0.6 is 12.2 Å². The third kappa shape index (κ3) is 4.37. The monoisotopic (exact) mass is 451 g/mol. The number of nitrogens with zero attached hydrogens (tertiary/aromatic N) is 2. The molecule has 0 bridgehead atoms. The first-order chi connectivity index (χ1) is 15.5. The minimum atomic E-state index is -0.949. The van der Waals surface area contributed by atoms with E-state index in [2.05, 4.69) is 15.2 Å². The van der Waals surface area contributed by atoms with E-state index in [1.807, 2.05) is 37.3 Å². The van der Waals surface area contributed by atoms with E-state index in [4.69, 9.17) is 21.4 Å². The van der Waals surface area contributed by atoms with Crippen molar-refractivity contribution in [2.24, 2.45) is 0 Å². The molecule has 3 heterocycles. The maximum atomic E-state index is 11.3. The zero-order valence-corrected chi connectivity index (χ0v) is 18.8. The lowest BCUT2D eigenvalue weighted by atomic mass is 10.0. The molecule has 1 aliphatic heterocycles. The van der Waals surface area contributed by atoms with Crippen molar-refractivity contribution in [2.45, 2.75) is 25.4 Å². The number of carboxylic acids is 1. The fourth-order valence-electron chi connectivity index (χ4n) is 4.06. The number of benzene rings is 1.